The molecule has 0 fully saturated rings. The molecule has 0 bridgehead atoms. The first kappa shape index (κ1) is 17.7. The molecule has 0 saturated heterocycles. The molecule has 0 spiro atoms. The molecule has 27 heavy (non-hydrogen) atoms. The minimum absolute atomic E-state index is 0.0282. The lowest BCUT2D eigenvalue weighted by molar-refractivity contribution is -0.121. The van der Waals surface area contributed by atoms with E-state index in [4.69, 9.17) is 0 Å². The molecule has 1 atom stereocenters. The second-order valence-corrected chi connectivity index (χ2v) is 8.35. The number of aryl methyl sites for hydroxylation is 1. The highest BCUT2D eigenvalue weighted by molar-refractivity contribution is 6.07. The van der Waals surface area contributed by atoms with Gasteiger partial charge in [-0.25, -0.2) is 0 Å². The summed E-state index contributed by atoms with van der Waals surface area (Å²) in [5.74, 6) is 0.0293. The number of aromatic nitrogens is 1. The van der Waals surface area contributed by atoms with Crippen LogP contribution in [0.4, 0.5) is 5.69 Å². The zero-order valence-electron chi connectivity index (χ0n) is 16.0. The average Bonchev–Trinajstić information content (AvgIpc) is 2.61. The first-order valence-electron chi connectivity index (χ1n) is 9.42. The van der Waals surface area contributed by atoms with Gasteiger partial charge in [0.05, 0.1) is 11.9 Å². The van der Waals surface area contributed by atoms with Crippen LogP contribution in [0.5, 0.6) is 0 Å². The highest BCUT2D eigenvalue weighted by Crippen LogP contribution is 2.48. The number of amides is 1. The van der Waals surface area contributed by atoms with Gasteiger partial charge < -0.3 is 0 Å². The molecule has 1 aliphatic carbocycles. The maximum Gasteiger partial charge on any atom is 0.232 e. The van der Waals surface area contributed by atoms with Gasteiger partial charge >= 0.3 is 0 Å². The van der Waals surface area contributed by atoms with Crippen molar-refractivity contribution >= 4 is 17.4 Å². The summed E-state index contributed by atoms with van der Waals surface area (Å²) in [4.78, 5) is 32.3. The predicted octanol–water partition coefficient (Wildman–Crippen LogP) is 4.55. The fraction of sp³-hybridized carbons (Fsp3) is 0.348. The summed E-state index contributed by atoms with van der Waals surface area (Å²) in [6, 6.07) is 11.8. The Bertz CT molecular complexity index is 944. The van der Waals surface area contributed by atoms with Gasteiger partial charge in [0.2, 0.25) is 5.91 Å². The van der Waals surface area contributed by atoms with Crippen molar-refractivity contribution in [2.45, 2.75) is 46.0 Å². The Balaban J connectivity index is 1.92. The lowest BCUT2D eigenvalue weighted by Gasteiger charge is -2.43. The molecular formula is C23H24N2O2. The third-order valence-corrected chi connectivity index (χ3v) is 5.61. The van der Waals surface area contributed by atoms with Crippen LogP contribution >= 0.6 is 0 Å². The molecule has 138 valence electrons. The van der Waals surface area contributed by atoms with E-state index >= 15 is 0 Å². The van der Waals surface area contributed by atoms with Crippen LogP contribution < -0.4 is 4.90 Å². The molecule has 1 amide bonds. The summed E-state index contributed by atoms with van der Waals surface area (Å²) in [6.07, 6.45) is 4.92. The average molecular weight is 360 g/mol. The van der Waals surface area contributed by atoms with Crippen molar-refractivity contribution in [2.75, 3.05) is 4.90 Å². The first-order valence-corrected chi connectivity index (χ1v) is 9.42. The summed E-state index contributed by atoms with van der Waals surface area (Å²) >= 11 is 0. The van der Waals surface area contributed by atoms with Gasteiger partial charge in [0.15, 0.2) is 5.78 Å². The van der Waals surface area contributed by atoms with Crippen molar-refractivity contribution in [2.24, 2.45) is 5.41 Å². The van der Waals surface area contributed by atoms with Crippen molar-refractivity contribution in [3.63, 3.8) is 0 Å². The summed E-state index contributed by atoms with van der Waals surface area (Å²) in [7, 11) is 0. The largest absolute Gasteiger partial charge is 0.294 e. The summed E-state index contributed by atoms with van der Waals surface area (Å²) < 4.78 is 0. The number of allylic oxidation sites excluding steroid dienone is 2. The van der Waals surface area contributed by atoms with Gasteiger partial charge in [-0.3, -0.25) is 19.5 Å². The smallest absolute Gasteiger partial charge is 0.232 e. The second-order valence-electron chi connectivity index (χ2n) is 8.35. The van der Waals surface area contributed by atoms with Crippen LogP contribution in [-0.4, -0.2) is 16.7 Å². The number of hydrogen-bond acceptors (Lipinski definition) is 3. The molecule has 2 heterocycles. The van der Waals surface area contributed by atoms with E-state index < -0.39 is 0 Å². The van der Waals surface area contributed by atoms with E-state index in [1.807, 2.05) is 43.3 Å². The molecule has 0 N–H and O–H groups in total. The van der Waals surface area contributed by atoms with Crippen LogP contribution in [-0.2, 0) is 9.59 Å². The Morgan fingerprint density at radius 3 is 2.56 bits per heavy atom. The molecule has 1 aliphatic heterocycles. The number of nitrogens with zero attached hydrogens (tertiary/aromatic N) is 2. The van der Waals surface area contributed by atoms with Crippen molar-refractivity contribution < 1.29 is 9.59 Å². The number of carbonyl (C=O) groups is 2. The third kappa shape index (κ3) is 3.09. The Morgan fingerprint density at radius 1 is 1.07 bits per heavy atom. The zero-order valence-corrected chi connectivity index (χ0v) is 16.0. The van der Waals surface area contributed by atoms with Gasteiger partial charge in [-0.15, -0.1) is 0 Å². The van der Waals surface area contributed by atoms with Gasteiger partial charge in [0.25, 0.3) is 0 Å². The Kier molecular flexibility index (Phi) is 4.22. The summed E-state index contributed by atoms with van der Waals surface area (Å²) in [5.41, 5.74) is 4.45. The van der Waals surface area contributed by atoms with E-state index in [-0.39, 0.29) is 23.0 Å². The zero-order chi connectivity index (χ0) is 19.2. The number of ketones is 1. The second kappa shape index (κ2) is 6.45. The monoisotopic (exact) mass is 360 g/mol. The van der Waals surface area contributed by atoms with Crippen LogP contribution in [0.15, 0.2) is 60.1 Å². The Morgan fingerprint density at radius 2 is 1.85 bits per heavy atom. The minimum Gasteiger partial charge on any atom is -0.294 e. The van der Waals surface area contributed by atoms with Gasteiger partial charge in [0, 0.05) is 36.2 Å². The maximum absolute atomic E-state index is 13.2. The Labute approximate surface area is 159 Å². The van der Waals surface area contributed by atoms with Crippen molar-refractivity contribution in [1.82, 2.24) is 4.98 Å². The fourth-order valence-corrected chi connectivity index (χ4v) is 4.44. The number of benzene rings is 1. The molecule has 2 aliphatic rings. The first-order chi connectivity index (χ1) is 12.9. The predicted molar refractivity (Wildman–Crippen MR) is 105 cm³/mol. The maximum atomic E-state index is 13.2. The van der Waals surface area contributed by atoms with E-state index in [9.17, 15) is 9.59 Å². The number of Topliss-reactive ketones (excluding diaryl/α,β-unsaturated/α-hetero) is 1. The molecule has 4 rings (SSSR count). The fourth-order valence-electron chi connectivity index (χ4n) is 4.44. The number of hydrogen-bond donors (Lipinski definition) is 0. The van der Waals surface area contributed by atoms with E-state index in [0.717, 1.165) is 28.1 Å². The molecule has 4 nitrogen and oxygen atoms in total. The lowest BCUT2D eigenvalue weighted by Crippen LogP contribution is -2.43. The van der Waals surface area contributed by atoms with Crippen LogP contribution in [0.2, 0.25) is 0 Å². The topological polar surface area (TPSA) is 50.3 Å². The molecule has 4 heteroatoms. The highest BCUT2D eigenvalue weighted by atomic mass is 16.2. The van der Waals surface area contributed by atoms with Gasteiger partial charge in [0.1, 0.15) is 0 Å². The third-order valence-electron chi connectivity index (χ3n) is 5.61. The molecule has 2 aromatic rings. The van der Waals surface area contributed by atoms with Crippen molar-refractivity contribution in [3.8, 4) is 0 Å². The SMILES string of the molecule is Cc1ccccc1C1CC(=O)N(c2cccnc2)C2=C1C(=O)CC(C)(C)C2. The number of pyridine rings is 1. The Hall–Kier alpha value is -2.75. The molecule has 1 aromatic carbocycles. The minimum atomic E-state index is -0.162. The van der Waals surface area contributed by atoms with Crippen LogP contribution in [0.25, 0.3) is 0 Å². The molecule has 1 unspecified atom stereocenters. The van der Waals surface area contributed by atoms with E-state index in [1.165, 1.54) is 0 Å². The van der Waals surface area contributed by atoms with Crippen LogP contribution in [0.1, 0.15) is 50.2 Å². The van der Waals surface area contributed by atoms with E-state index in [1.54, 1.807) is 17.3 Å². The van der Waals surface area contributed by atoms with Gasteiger partial charge in [-0.05, 0) is 42.0 Å². The van der Waals surface area contributed by atoms with Crippen LogP contribution in [0.3, 0.4) is 0 Å². The van der Waals surface area contributed by atoms with E-state index in [2.05, 4.69) is 18.8 Å². The number of anilines is 1. The highest BCUT2D eigenvalue weighted by Gasteiger charge is 2.44. The van der Waals surface area contributed by atoms with Gasteiger partial charge in [-0.1, -0.05) is 38.1 Å². The van der Waals surface area contributed by atoms with Gasteiger partial charge in [-0.2, -0.15) is 0 Å². The van der Waals surface area contributed by atoms with Crippen molar-refractivity contribution in [1.29, 1.82) is 0 Å². The normalized spacial score (nSPS) is 22.0. The summed E-state index contributed by atoms with van der Waals surface area (Å²) in [5, 5.41) is 0. The molecule has 0 saturated carbocycles. The quantitative estimate of drug-likeness (QED) is 0.789. The standard InChI is InChI=1S/C23H24N2O2/c1-15-7-4-5-9-17(15)18-11-21(27)25(16-8-6-10-24-14-16)19-12-23(2,3)13-20(26)22(18)19/h4-10,14,18H,11-13H2,1-3H3. The lowest BCUT2D eigenvalue weighted by atomic mass is 9.69. The molecule has 1 aromatic heterocycles. The molecular weight excluding hydrogens is 336 g/mol. The van der Waals surface area contributed by atoms with Crippen molar-refractivity contribution in [3.05, 3.63) is 71.2 Å². The van der Waals surface area contributed by atoms with E-state index in [0.29, 0.717) is 19.3 Å². The summed E-state index contributed by atoms with van der Waals surface area (Å²) in [6.45, 7) is 6.24. The number of carbonyl (C=O) groups excluding carboxylic acids is 2. The molecule has 0 radical (unpaired) electrons. The number of rotatable bonds is 2. The van der Waals surface area contributed by atoms with Crippen LogP contribution in [0, 0.1) is 12.3 Å².